The first kappa shape index (κ1) is 6.81. The van der Waals surface area contributed by atoms with Crippen LogP contribution in [0, 0.1) is 0 Å². The normalized spacial score (nSPS) is 33.0. The zero-order valence-electron chi connectivity index (χ0n) is 5.15. The Bertz CT molecular complexity index is 66.9. The predicted molar refractivity (Wildman–Crippen MR) is 44.5 cm³/mol. The average Bonchev–Trinajstić information content (AvgIpc) is 2.12. The van der Waals surface area contributed by atoms with Crippen molar-refractivity contribution in [2.24, 2.45) is 0 Å². The van der Waals surface area contributed by atoms with Gasteiger partial charge in [0.2, 0.25) is 0 Å². The number of alkyl halides is 1. The van der Waals surface area contributed by atoms with Gasteiger partial charge < -0.3 is 5.32 Å². The first-order valence-corrected chi connectivity index (χ1v) is 4.43. The average molecular weight is 225 g/mol. The molecule has 2 heteroatoms. The Labute approximate surface area is 64.4 Å². The molecule has 1 aliphatic rings. The molecule has 0 aliphatic carbocycles. The van der Waals surface area contributed by atoms with E-state index >= 15 is 0 Å². The number of hydrogen-bond donors (Lipinski definition) is 1. The largest absolute Gasteiger partial charge is 0.313 e. The molecule has 1 saturated heterocycles. The fourth-order valence-corrected chi connectivity index (χ4v) is 1.72. The molecule has 1 unspecified atom stereocenters. The Morgan fingerprint density at radius 2 is 2.50 bits per heavy atom. The van der Waals surface area contributed by atoms with Crippen molar-refractivity contribution in [2.45, 2.75) is 29.7 Å². The molecule has 48 valence electrons. The Morgan fingerprint density at radius 1 is 1.75 bits per heavy atom. The molecule has 0 radical (unpaired) electrons. The monoisotopic (exact) mass is 225 g/mol. The topological polar surface area (TPSA) is 12.0 Å². The van der Waals surface area contributed by atoms with E-state index in [4.69, 9.17) is 0 Å². The SMILES string of the molecule is CC(I)[C@@H]1CCCN1. The van der Waals surface area contributed by atoms with Crippen LogP contribution in [0.25, 0.3) is 0 Å². The summed E-state index contributed by atoms with van der Waals surface area (Å²) in [6.07, 6.45) is 2.75. The highest BCUT2D eigenvalue weighted by Crippen LogP contribution is 2.14. The summed E-state index contributed by atoms with van der Waals surface area (Å²) in [7, 11) is 0. The van der Waals surface area contributed by atoms with Crippen LogP contribution in [0.4, 0.5) is 0 Å². The third-order valence-corrected chi connectivity index (χ3v) is 2.52. The Hall–Kier alpha value is 0.690. The highest BCUT2D eigenvalue weighted by atomic mass is 127. The van der Waals surface area contributed by atoms with E-state index in [9.17, 15) is 0 Å². The second-order valence-corrected chi connectivity index (χ2v) is 4.35. The molecule has 8 heavy (non-hydrogen) atoms. The van der Waals surface area contributed by atoms with E-state index in [0.29, 0.717) is 0 Å². The van der Waals surface area contributed by atoms with E-state index < -0.39 is 0 Å². The lowest BCUT2D eigenvalue weighted by Gasteiger charge is -2.11. The van der Waals surface area contributed by atoms with E-state index in [1.165, 1.54) is 19.4 Å². The van der Waals surface area contributed by atoms with E-state index in [1.54, 1.807) is 0 Å². The molecule has 1 N–H and O–H groups in total. The van der Waals surface area contributed by atoms with Crippen LogP contribution in [0.1, 0.15) is 19.8 Å². The van der Waals surface area contributed by atoms with Crippen LogP contribution in [-0.2, 0) is 0 Å². The molecule has 1 aliphatic heterocycles. The molecule has 1 rings (SSSR count). The van der Waals surface area contributed by atoms with E-state index in [2.05, 4.69) is 34.8 Å². The van der Waals surface area contributed by atoms with Crippen LogP contribution in [0.5, 0.6) is 0 Å². The molecule has 1 heterocycles. The lowest BCUT2D eigenvalue weighted by molar-refractivity contribution is 0.613. The Kier molecular flexibility index (Phi) is 2.56. The fraction of sp³-hybridized carbons (Fsp3) is 1.00. The van der Waals surface area contributed by atoms with Crippen molar-refractivity contribution >= 4 is 22.6 Å². The molecular weight excluding hydrogens is 213 g/mol. The van der Waals surface area contributed by atoms with Crippen molar-refractivity contribution < 1.29 is 0 Å². The van der Waals surface area contributed by atoms with Gasteiger partial charge in [0.05, 0.1) is 0 Å². The van der Waals surface area contributed by atoms with Crippen LogP contribution in [-0.4, -0.2) is 16.5 Å². The van der Waals surface area contributed by atoms with Crippen molar-refractivity contribution in [1.82, 2.24) is 5.32 Å². The second-order valence-electron chi connectivity index (χ2n) is 2.38. The van der Waals surface area contributed by atoms with Gasteiger partial charge >= 0.3 is 0 Å². The van der Waals surface area contributed by atoms with Crippen LogP contribution >= 0.6 is 22.6 Å². The summed E-state index contributed by atoms with van der Waals surface area (Å²) in [6.45, 7) is 3.50. The first-order valence-electron chi connectivity index (χ1n) is 3.18. The van der Waals surface area contributed by atoms with E-state index in [1.807, 2.05) is 0 Å². The van der Waals surface area contributed by atoms with Gasteiger partial charge in [-0.05, 0) is 19.4 Å². The quantitative estimate of drug-likeness (QED) is 0.527. The molecule has 0 aromatic carbocycles. The van der Waals surface area contributed by atoms with Gasteiger partial charge in [-0.15, -0.1) is 0 Å². The Morgan fingerprint density at radius 3 is 2.75 bits per heavy atom. The van der Waals surface area contributed by atoms with Gasteiger partial charge in [-0.2, -0.15) is 0 Å². The van der Waals surface area contributed by atoms with Crippen molar-refractivity contribution in [3.8, 4) is 0 Å². The molecule has 0 aromatic heterocycles. The molecule has 0 spiro atoms. The van der Waals surface area contributed by atoms with Crippen molar-refractivity contribution in [1.29, 1.82) is 0 Å². The van der Waals surface area contributed by atoms with Crippen molar-refractivity contribution in [3.63, 3.8) is 0 Å². The minimum Gasteiger partial charge on any atom is -0.313 e. The van der Waals surface area contributed by atoms with Crippen molar-refractivity contribution in [3.05, 3.63) is 0 Å². The van der Waals surface area contributed by atoms with Gasteiger partial charge in [-0.25, -0.2) is 0 Å². The zero-order valence-corrected chi connectivity index (χ0v) is 7.31. The summed E-state index contributed by atoms with van der Waals surface area (Å²) < 4.78 is 0.801. The minimum atomic E-state index is 0.801. The molecule has 0 aromatic rings. The standard InChI is InChI=1S/C6H12IN/c1-5(7)6-3-2-4-8-6/h5-6,8H,2-4H2,1H3/t5?,6-/m0/s1. The van der Waals surface area contributed by atoms with Crippen LogP contribution < -0.4 is 5.32 Å². The molecule has 1 fully saturated rings. The van der Waals surface area contributed by atoms with Crippen molar-refractivity contribution in [2.75, 3.05) is 6.54 Å². The van der Waals surface area contributed by atoms with Gasteiger partial charge in [0.25, 0.3) is 0 Å². The molecular formula is C6H12IN. The minimum absolute atomic E-state index is 0.801. The highest BCUT2D eigenvalue weighted by Gasteiger charge is 2.17. The molecule has 2 atom stereocenters. The maximum atomic E-state index is 3.45. The maximum absolute atomic E-state index is 3.45. The molecule has 0 saturated carbocycles. The summed E-state index contributed by atoms with van der Waals surface area (Å²) in [5.41, 5.74) is 0. The number of nitrogens with one attached hydrogen (secondary N) is 1. The highest BCUT2D eigenvalue weighted by molar-refractivity contribution is 14.1. The summed E-state index contributed by atoms with van der Waals surface area (Å²) in [5.74, 6) is 0. The fourth-order valence-electron chi connectivity index (χ4n) is 1.10. The predicted octanol–water partition coefficient (Wildman–Crippen LogP) is 1.56. The van der Waals surface area contributed by atoms with Crippen LogP contribution in [0.2, 0.25) is 0 Å². The molecule has 1 nitrogen and oxygen atoms in total. The number of hydrogen-bond acceptors (Lipinski definition) is 1. The third kappa shape index (κ3) is 1.58. The smallest absolute Gasteiger partial charge is 0.0235 e. The van der Waals surface area contributed by atoms with Gasteiger partial charge in [-0.3, -0.25) is 0 Å². The number of rotatable bonds is 1. The maximum Gasteiger partial charge on any atom is 0.0235 e. The third-order valence-electron chi connectivity index (χ3n) is 1.65. The Balaban J connectivity index is 2.24. The van der Waals surface area contributed by atoms with Gasteiger partial charge in [0.15, 0.2) is 0 Å². The lowest BCUT2D eigenvalue weighted by atomic mass is 10.2. The van der Waals surface area contributed by atoms with Gasteiger partial charge in [-0.1, -0.05) is 29.5 Å². The first-order chi connectivity index (χ1) is 3.80. The summed E-state index contributed by atoms with van der Waals surface area (Å²) >= 11 is 2.48. The molecule has 0 amide bonds. The second kappa shape index (κ2) is 3.01. The summed E-state index contributed by atoms with van der Waals surface area (Å²) in [6, 6.07) is 0.801. The van der Waals surface area contributed by atoms with E-state index in [-0.39, 0.29) is 0 Å². The van der Waals surface area contributed by atoms with Crippen LogP contribution in [0.3, 0.4) is 0 Å². The van der Waals surface area contributed by atoms with E-state index in [0.717, 1.165) is 9.97 Å². The summed E-state index contributed by atoms with van der Waals surface area (Å²) in [5, 5.41) is 3.45. The van der Waals surface area contributed by atoms with Gasteiger partial charge in [0, 0.05) is 9.97 Å². The van der Waals surface area contributed by atoms with Crippen LogP contribution in [0.15, 0.2) is 0 Å². The molecule has 0 bridgehead atoms. The number of halogens is 1. The zero-order chi connectivity index (χ0) is 5.98. The van der Waals surface area contributed by atoms with Gasteiger partial charge in [0.1, 0.15) is 0 Å². The summed E-state index contributed by atoms with van der Waals surface area (Å²) in [4.78, 5) is 0. The lowest BCUT2D eigenvalue weighted by Crippen LogP contribution is -2.28.